The fraction of sp³-hybridized carbons (Fsp3) is 0.200. The van der Waals surface area contributed by atoms with Gasteiger partial charge in [0.15, 0.2) is 0 Å². The molecule has 0 spiro atoms. The monoisotopic (exact) mass is 351 g/mol. The molecule has 0 aliphatic rings. The summed E-state index contributed by atoms with van der Waals surface area (Å²) in [6, 6.07) is 5.80. The molecular weight excluding hydrogens is 338 g/mol. The third kappa shape index (κ3) is 3.90. The molecule has 0 aliphatic carbocycles. The van der Waals surface area contributed by atoms with Crippen LogP contribution in [0, 0.1) is 17.0 Å². The van der Waals surface area contributed by atoms with Crippen molar-refractivity contribution in [2.45, 2.75) is 13.5 Å². The summed E-state index contributed by atoms with van der Waals surface area (Å²) in [6.45, 7) is 1.08. The number of anilines is 1. The maximum absolute atomic E-state index is 12.1. The van der Waals surface area contributed by atoms with Crippen LogP contribution in [0.25, 0.3) is 0 Å². The second-order valence-electron chi connectivity index (χ2n) is 4.96. The van der Waals surface area contributed by atoms with Crippen molar-refractivity contribution in [2.75, 3.05) is 12.4 Å². The van der Waals surface area contributed by atoms with Crippen molar-refractivity contribution in [3.8, 4) is 5.75 Å². The molecule has 1 heterocycles. The lowest BCUT2D eigenvalue weighted by Gasteiger charge is -2.11. The third-order valence-electron chi connectivity index (χ3n) is 3.25. The van der Waals surface area contributed by atoms with Crippen molar-refractivity contribution in [1.82, 2.24) is 4.57 Å². The van der Waals surface area contributed by atoms with Gasteiger partial charge < -0.3 is 10.1 Å². The quantitative estimate of drug-likeness (QED) is 0.657. The van der Waals surface area contributed by atoms with Gasteiger partial charge >= 0.3 is 0 Å². The van der Waals surface area contributed by atoms with Crippen molar-refractivity contribution in [2.24, 2.45) is 0 Å². The Morgan fingerprint density at radius 1 is 1.42 bits per heavy atom. The Kier molecular flexibility index (Phi) is 5.20. The normalized spacial score (nSPS) is 10.3. The molecule has 0 fully saturated rings. The Bertz CT molecular complexity index is 863. The molecule has 0 saturated carbocycles. The zero-order valence-corrected chi connectivity index (χ0v) is 13.7. The summed E-state index contributed by atoms with van der Waals surface area (Å²) in [5.41, 5.74) is -0.170. The Morgan fingerprint density at radius 3 is 2.75 bits per heavy atom. The molecule has 1 aromatic heterocycles. The standard InChI is InChI=1S/C15H14ClN3O5/c1-9-5-15(21)18(7-12(9)19(22)23)8-14(20)17-11-6-10(16)3-4-13(11)24-2/h3-7H,8H2,1-2H3,(H,17,20). The van der Waals surface area contributed by atoms with Crippen LogP contribution in [0.2, 0.25) is 5.02 Å². The van der Waals surface area contributed by atoms with Gasteiger partial charge in [0.05, 0.1) is 23.9 Å². The number of aromatic nitrogens is 1. The van der Waals surface area contributed by atoms with Gasteiger partial charge in [0.25, 0.3) is 11.2 Å². The molecule has 9 heteroatoms. The molecule has 2 rings (SSSR count). The highest BCUT2D eigenvalue weighted by Crippen LogP contribution is 2.27. The Hall–Kier alpha value is -2.87. The molecule has 2 aromatic rings. The maximum Gasteiger partial charge on any atom is 0.288 e. The minimum Gasteiger partial charge on any atom is -0.495 e. The van der Waals surface area contributed by atoms with Crippen LogP contribution < -0.4 is 15.6 Å². The van der Waals surface area contributed by atoms with Gasteiger partial charge in [-0.25, -0.2) is 0 Å². The van der Waals surface area contributed by atoms with E-state index in [0.717, 1.165) is 16.8 Å². The number of methoxy groups -OCH3 is 1. The maximum atomic E-state index is 12.1. The van der Waals surface area contributed by atoms with Crippen molar-refractivity contribution in [3.63, 3.8) is 0 Å². The van der Waals surface area contributed by atoms with E-state index in [1.54, 1.807) is 12.1 Å². The number of nitrogens with one attached hydrogen (secondary N) is 1. The van der Waals surface area contributed by atoms with Gasteiger partial charge in [-0.2, -0.15) is 0 Å². The van der Waals surface area contributed by atoms with E-state index in [-0.39, 0.29) is 17.8 Å². The molecule has 0 unspecified atom stereocenters. The highest BCUT2D eigenvalue weighted by atomic mass is 35.5. The molecule has 24 heavy (non-hydrogen) atoms. The first-order valence-corrected chi connectivity index (χ1v) is 7.18. The Labute approximate surface area is 141 Å². The summed E-state index contributed by atoms with van der Waals surface area (Å²) in [6.07, 6.45) is 1.05. The van der Waals surface area contributed by atoms with Crippen molar-refractivity contribution in [1.29, 1.82) is 0 Å². The van der Waals surface area contributed by atoms with Gasteiger partial charge in [-0.15, -0.1) is 0 Å². The number of amides is 1. The van der Waals surface area contributed by atoms with Crippen LogP contribution in [0.5, 0.6) is 5.75 Å². The molecule has 8 nitrogen and oxygen atoms in total. The third-order valence-corrected chi connectivity index (χ3v) is 3.49. The molecule has 0 saturated heterocycles. The van der Waals surface area contributed by atoms with E-state index in [1.165, 1.54) is 20.1 Å². The fourth-order valence-corrected chi connectivity index (χ4v) is 2.26. The van der Waals surface area contributed by atoms with Crippen molar-refractivity contribution in [3.05, 3.63) is 61.5 Å². The minimum absolute atomic E-state index is 0.234. The topological polar surface area (TPSA) is 103 Å². The van der Waals surface area contributed by atoms with E-state index in [2.05, 4.69) is 5.32 Å². The highest BCUT2D eigenvalue weighted by Gasteiger charge is 2.15. The predicted molar refractivity (Wildman–Crippen MR) is 88.7 cm³/mol. The average molecular weight is 352 g/mol. The molecule has 0 atom stereocenters. The smallest absolute Gasteiger partial charge is 0.288 e. The SMILES string of the molecule is COc1ccc(Cl)cc1NC(=O)Cn1cc([N+](=O)[O-])c(C)cc1=O. The number of halogens is 1. The summed E-state index contributed by atoms with van der Waals surface area (Å²) in [4.78, 5) is 34.4. The zero-order chi connectivity index (χ0) is 17.9. The van der Waals surface area contributed by atoms with Gasteiger partial charge in [-0.05, 0) is 25.1 Å². The molecule has 0 aliphatic heterocycles. The van der Waals surface area contributed by atoms with E-state index in [9.17, 15) is 19.7 Å². The van der Waals surface area contributed by atoms with E-state index >= 15 is 0 Å². The van der Waals surface area contributed by atoms with Gasteiger partial charge in [0.2, 0.25) is 5.91 Å². The highest BCUT2D eigenvalue weighted by molar-refractivity contribution is 6.31. The van der Waals surface area contributed by atoms with Crippen LogP contribution >= 0.6 is 11.6 Å². The van der Waals surface area contributed by atoms with Crippen LogP contribution in [0.4, 0.5) is 11.4 Å². The number of hydrogen-bond donors (Lipinski definition) is 1. The Morgan fingerprint density at radius 2 is 2.12 bits per heavy atom. The lowest BCUT2D eigenvalue weighted by Crippen LogP contribution is -2.27. The van der Waals surface area contributed by atoms with Crippen LogP contribution in [-0.2, 0) is 11.3 Å². The van der Waals surface area contributed by atoms with Crippen molar-refractivity contribution >= 4 is 28.9 Å². The van der Waals surface area contributed by atoms with E-state index in [1.807, 2.05) is 0 Å². The Balaban J connectivity index is 2.25. The van der Waals surface area contributed by atoms with Gasteiger partial charge in [-0.1, -0.05) is 11.6 Å². The molecule has 0 bridgehead atoms. The first-order valence-electron chi connectivity index (χ1n) is 6.80. The summed E-state index contributed by atoms with van der Waals surface area (Å²) in [5.74, 6) is -0.147. The number of nitrogens with zero attached hydrogens (tertiary/aromatic N) is 2. The van der Waals surface area contributed by atoms with Crippen LogP contribution in [-0.4, -0.2) is 22.5 Å². The predicted octanol–water partition coefficient (Wildman–Crippen LogP) is 2.37. The van der Waals surface area contributed by atoms with Gasteiger partial charge in [0, 0.05) is 16.7 Å². The molecule has 1 aromatic carbocycles. The second-order valence-corrected chi connectivity index (χ2v) is 5.39. The fourth-order valence-electron chi connectivity index (χ4n) is 2.09. The largest absolute Gasteiger partial charge is 0.495 e. The van der Waals surface area contributed by atoms with Gasteiger partial charge in [0.1, 0.15) is 12.3 Å². The lowest BCUT2D eigenvalue weighted by atomic mass is 10.2. The number of hydrogen-bond acceptors (Lipinski definition) is 5. The number of pyridine rings is 1. The van der Waals surface area contributed by atoms with Crippen molar-refractivity contribution < 1.29 is 14.5 Å². The van der Waals surface area contributed by atoms with Gasteiger partial charge in [-0.3, -0.25) is 24.3 Å². The summed E-state index contributed by atoms with van der Waals surface area (Å²) >= 11 is 5.88. The lowest BCUT2D eigenvalue weighted by molar-refractivity contribution is -0.385. The second kappa shape index (κ2) is 7.14. The zero-order valence-electron chi connectivity index (χ0n) is 12.9. The number of carbonyl (C=O) groups excluding carboxylic acids is 1. The first kappa shape index (κ1) is 17.5. The van der Waals surface area contributed by atoms with Crippen LogP contribution in [0.3, 0.4) is 0 Å². The molecule has 0 radical (unpaired) electrons. The molecular formula is C15H14ClN3O5. The molecule has 1 amide bonds. The van der Waals surface area contributed by atoms with Crippen LogP contribution in [0.15, 0.2) is 35.3 Å². The van der Waals surface area contributed by atoms with Crippen LogP contribution in [0.1, 0.15) is 5.56 Å². The number of ether oxygens (including phenoxy) is 1. The summed E-state index contributed by atoms with van der Waals surface area (Å²) in [5, 5.41) is 13.9. The van der Waals surface area contributed by atoms with E-state index < -0.39 is 16.4 Å². The molecule has 1 N–H and O–H groups in total. The number of benzene rings is 1. The average Bonchev–Trinajstić information content (AvgIpc) is 2.49. The summed E-state index contributed by atoms with van der Waals surface area (Å²) < 4.78 is 6.08. The minimum atomic E-state index is -0.608. The van der Waals surface area contributed by atoms with E-state index in [0.29, 0.717) is 16.5 Å². The number of carbonyl (C=O) groups is 1. The van der Waals surface area contributed by atoms with E-state index in [4.69, 9.17) is 16.3 Å². The number of nitro groups is 1. The summed E-state index contributed by atoms with van der Waals surface area (Å²) in [7, 11) is 1.44. The first-order chi connectivity index (χ1) is 11.3. The molecule has 126 valence electrons. The number of rotatable bonds is 5. The number of aryl methyl sites for hydroxylation is 1.